The summed E-state index contributed by atoms with van der Waals surface area (Å²) >= 11 is 0. The van der Waals surface area contributed by atoms with Gasteiger partial charge in [0.2, 0.25) is 0 Å². The number of hydrogen-bond acceptors (Lipinski definition) is 2. The van der Waals surface area contributed by atoms with Gasteiger partial charge in [0.1, 0.15) is 11.3 Å². The van der Waals surface area contributed by atoms with Crippen LogP contribution in [0.1, 0.15) is 54.1 Å². The summed E-state index contributed by atoms with van der Waals surface area (Å²) in [6.45, 7) is 6.44. The fourth-order valence-corrected chi connectivity index (χ4v) is 4.89. The molecule has 0 bridgehead atoms. The van der Waals surface area contributed by atoms with Gasteiger partial charge in [0.15, 0.2) is 0 Å². The highest BCUT2D eigenvalue weighted by atomic mass is 16.3. The minimum atomic E-state index is 0.643. The van der Waals surface area contributed by atoms with Crippen molar-refractivity contribution in [3.63, 3.8) is 0 Å². The second-order valence-electron chi connectivity index (χ2n) is 8.13. The minimum Gasteiger partial charge on any atom is -0.460 e. The molecule has 0 spiro atoms. The lowest BCUT2D eigenvalue weighted by Gasteiger charge is -2.10. The van der Waals surface area contributed by atoms with Gasteiger partial charge in [0.05, 0.1) is 5.69 Å². The molecular weight excluding hydrogens is 330 g/mol. The number of aromatic nitrogens is 1. The third-order valence-corrected chi connectivity index (χ3v) is 6.10. The Balaban J connectivity index is 1.81. The van der Waals surface area contributed by atoms with Crippen LogP contribution in [0.15, 0.2) is 47.0 Å². The lowest BCUT2D eigenvalue weighted by Crippen LogP contribution is -1.93. The maximum atomic E-state index is 6.38. The van der Waals surface area contributed by atoms with E-state index in [1.165, 1.54) is 58.5 Å². The normalized spacial score (nSPS) is 15.2. The first-order valence-corrected chi connectivity index (χ1v) is 10.0. The zero-order valence-electron chi connectivity index (χ0n) is 16.3. The van der Waals surface area contributed by atoms with Crippen LogP contribution in [-0.2, 0) is 0 Å². The summed E-state index contributed by atoms with van der Waals surface area (Å²) in [5.74, 6) is 1.73. The standard InChI is InChI=1S/C25H25NO/c1-15-8-9-20-19(12-15)10-11-26-24(20)22-14-16(2)13-21-23(17(3)27-25(21)22)18-6-4-5-7-18/h8-14,18H,4-7H2,1-3H3. The lowest BCUT2D eigenvalue weighted by molar-refractivity contribution is 0.562. The molecule has 5 rings (SSSR count). The fraction of sp³-hybridized carbons (Fsp3) is 0.320. The Morgan fingerprint density at radius 2 is 1.70 bits per heavy atom. The van der Waals surface area contributed by atoms with E-state index in [1.54, 1.807) is 0 Å². The molecular formula is C25H25NO. The lowest BCUT2D eigenvalue weighted by atomic mass is 9.92. The molecule has 0 amide bonds. The van der Waals surface area contributed by atoms with Crippen molar-refractivity contribution in [3.05, 3.63) is 65.0 Å². The average molecular weight is 355 g/mol. The Bertz CT molecular complexity index is 1160. The molecule has 1 saturated carbocycles. The molecule has 136 valence electrons. The summed E-state index contributed by atoms with van der Waals surface area (Å²) in [6.07, 6.45) is 7.15. The molecule has 2 heterocycles. The monoisotopic (exact) mass is 355 g/mol. The number of rotatable bonds is 2. The molecule has 4 aromatic rings. The molecule has 0 N–H and O–H groups in total. The van der Waals surface area contributed by atoms with E-state index in [2.05, 4.69) is 57.2 Å². The topological polar surface area (TPSA) is 26.0 Å². The van der Waals surface area contributed by atoms with Crippen molar-refractivity contribution in [1.82, 2.24) is 4.98 Å². The molecule has 0 unspecified atom stereocenters. The van der Waals surface area contributed by atoms with Gasteiger partial charge in [-0.1, -0.05) is 36.6 Å². The van der Waals surface area contributed by atoms with E-state index in [-0.39, 0.29) is 0 Å². The fourth-order valence-electron chi connectivity index (χ4n) is 4.89. The highest BCUT2D eigenvalue weighted by Gasteiger charge is 2.25. The van der Waals surface area contributed by atoms with Crippen molar-refractivity contribution in [2.24, 2.45) is 0 Å². The Morgan fingerprint density at radius 3 is 2.52 bits per heavy atom. The Kier molecular flexibility index (Phi) is 3.82. The van der Waals surface area contributed by atoms with Crippen molar-refractivity contribution in [1.29, 1.82) is 0 Å². The number of benzene rings is 2. The van der Waals surface area contributed by atoms with Crippen LogP contribution < -0.4 is 0 Å². The van der Waals surface area contributed by atoms with E-state index in [1.807, 2.05) is 6.20 Å². The summed E-state index contributed by atoms with van der Waals surface area (Å²) in [4.78, 5) is 4.77. The van der Waals surface area contributed by atoms with E-state index in [9.17, 15) is 0 Å². The number of pyridine rings is 1. The molecule has 1 fully saturated rings. The Labute approximate surface area is 160 Å². The maximum Gasteiger partial charge on any atom is 0.143 e. The van der Waals surface area contributed by atoms with Crippen LogP contribution in [0.2, 0.25) is 0 Å². The van der Waals surface area contributed by atoms with Crippen LogP contribution in [0.3, 0.4) is 0 Å². The summed E-state index contributed by atoms with van der Waals surface area (Å²) in [5.41, 5.74) is 7.11. The molecule has 0 radical (unpaired) electrons. The zero-order valence-corrected chi connectivity index (χ0v) is 16.3. The van der Waals surface area contributed by atoms with Crippen molar-refractivity contribution < 1.29 is 4.42 Å². The van der Waals surface area contributed by atoms with Gasteiger partial charge in [-0.15, -0.1) is 0 Å². The molecule has 2 aromatic carbocycles. The highest BCUT2D eigenvalue weighted by molar-refractivity contribution is 6.03. The molecule has 0 atom stereocenters. The molecule has 0 aliphatic heterocycles. The predicted molar refractivity (Wildman–Crippen MR) is 112 cm³/mol. The molecule has 27 heavy (non-hydrogen) atoms. The third-order valence-electron chi connectivity index (χ3n) is 6.10. The van der Waals surface area contributed by atoms with E-state index in [4.69, 9.17) is 9.40 Å². The maximum absolute atomic E-state index is 6.38. The third kappa shape index (κ3) is 2.66. The smallest absolute Gasteiger partial charge is 0.143 e. The van der Waals surface area contributed by atoms with Gasteiger partial charge in [-0.25, -0.2) is 0 Å². The molecule has 2 heteroatoms. The van der Waals surface area contributed by atoms with E-state index in [0.717, 1.165) is 22.6 Å². The van der Waals surface area contributed by atoms with E-state index in [0.29, 0.717) is 5.92 Å². The van der Waals surface area contributed by atoms with Crippen LogP contribution in [0.4, 0.5) is 0 Å². The summed E-state index contributed by atoms with van der Waals surface area (Å²) in [6, 6.07) is 13.2. The van der Waals surface area contributed by atoms with Gasteiger partial charge in [-0.2, -0.15) is 0 Å². The largest absolute Gasteiger partial charge is 0.460 e. The van der Waals surface area contributed by atoms with Gasteiger partial charge < -0.3 is 4.42 Å². The average Bonchev–Trinajstić information content (AvgIpc) is 3.27. The predicted octanol–water partition coefficient (Wildman–Crippen LogP) is 7.23. The van der Waals surface area contributed by atoms with Gasteiger partial charge in [-0.3, -0.25) is 4.98 Å². The Hall–Kier alpha value is -2.61. The first-order chi connectivity index (χ1) is 13.1. The van der Waals surface area contributed by atoms with Gasteiger partial charge in [-0.05, 0) is 68.7 Å². The van der Waals surface area contributed by atoms with E-state index >= 15 is 0 Å². The highest BCUT2D eigenvalue weighted by Crippen LogP contribution is 2.44. The first kappa shape index (κ1) is 16.6. The van der Waals surface area contributed by atoms with Crippen LogP contribution in [0, 0.1) is 20.8 Å². The molecule has 1 aliphatic rings. The van der Waals surface area contributed by atoms with Gasteiger partial charge in [0.25, 0.3) is 0 Å². The summed E-state index contributed by atoms with van der Waals surface area (Å²) in [7, 11) is 0. The number of nitrogens with zero attached hydrogens (tertiary/aromatic N) is 1. The molecule has 0 saturated heterocycles. The Morgan fingerprint density at radius 1 is 0.889 bits per heavy atom. The van der Waals surface area contributed by atoms with Crippen molar-refractivity contribution in [2.75, 3.05) is 0 Å². The number of furan rings is 1. The molecule has 1 aliphatic carbocycles. The molecule has 2 nitrogen and oxygen atoms in total. The number of aryl methyl sites for hydroxylation is 3. The number of hydrogen-bond donors (Lipinski definition) is 0. The zero-order chi connectivity index (χ0) is 18.5. The van der Waals surface area contributed by atoms with E-state index < -0.39 is 0 Å². The van der Waals surface area contributed by atoms with Crippen LogP contribution in [-0.4, -0.2) is 4.98 Å². The van der Waals surface area contributed by atoms with Crippen molar-refractivity contribution in [3.8, 4) is 11.3 Å². The van der Waals surface area contributed by atoms with Crippen molar-refractivity contribution in [2.45, 2.75) is 52.4 Å². The van der Waals surface area contributed by atoms with Crippen LogP contribution in [0.25, 0.3) is 33.0 Å². The minimum absolute atomic E-state index is 0.643. The van der Waals surface area contributed by atoms with Crippen LogP contribution in [0.5, 0.6) is 0 Å². The second kappa shape index (κ2) is 6.23. The second-order valence-corrected chi connectivity index (χ2v) is 8.13. The molecule has 2 aromatic heterocycles. The van der Waals surface area contributed by atoms with Gasteiger partial charge in [0, 0.05) is 28.1 Å². The summed E-state index contributed by atoms with van der Waals surface area (Å²) in [5, 5.41) is 3.71. The quantitative estimate of drug-likeness (QED) is 0.379. The van der Waals surface area contributed by atoms with Crippen molar-refractivity contribution >= 4 is 21.7 Å². The SMILES string of the molecule is Cc1ccc2c(-c3cc(C)cc4c(C5CCCC5)c(C)oc34)nccc2c1. The van der Waals surface area contributed by atoms with Gasteiger partial charge >= 0.3 is 0 Å². The first-order valence-electron chi connectivity index (χ1n) is 10.0. The summed E-state index contributed by atoms with van der Waals surface area (Å²) < 4.78 is 6.38. The van der Waals surface area contributed by atoms with Crippen LogP contribution >= 0.6 is 0 Å². The number of fused-ring (bicyclic) bond motifs is 2.